The van der Waals surface area contributed by atoms with Crippen LogP contribution in [0.3, 0.4) is 0 Å². The van der Waals surface area contributed by atoms with Crippen molar-refractivity contribution >= 4 is 29.3 Å². The van der Waals surface area contributed by atoms with Crippen molar-refractivity contribution < 1.29 is 14.7 Å². The van der Waals surface area contributed by atoms with Gasteiger partial charge in [0.05, 0.1) is 18.2 Å². The van der Waals surface area contributed by atoms with Gasteiger partial charge in [0.1, 0.15) is 5.82 Å². The molecule has 2 heterocycles. The summed E-state index contributed by atoms with van der Waals surface area (Å²) in [5.41, 5.74) is 2.53. The van der Waals surface area contributed by atoms with E-state index in [0.29, 0.717) is 29.4 Å². The average Bonchev–Trinajstić information content (AvgIpc) is 3.38. The Balaban J connectivity index is 1.54. The van der Waals surface area contributed by atoms with Crippen LogP contribution in [0.2, 0.25) is 5.02 Å². The van der Waals surface area contributed by atoms with Crippen molar-refractivity contribution in [2.75, 3.05) is 11.9 Å². The largest absolute Gasteiger partial charge is 0.478 e. The van der Waals surface area contributed by atoms with Crippen LogP contribution in [0.1, 0.15) is 52.0 Å². The van der Waals surface area contributed by atoms with Gasteiger partial charge in [-0.15, -0.1) is 10.2 Å². The third-order valence-corrected chi connectivity index (χ3v) is 6.00. The lowest BCUT2D eigenvalue weighted by atomic mass is 10.1. The fraction of sp³-hybridized carbons (Fsp3) is 0.304. The SMILES string of the molecule is Cc1cc(C(=O)O)ccc1NC(=O)N1CCC[C@@H]1c1nnc(C)n1Cc1ccc(Cl)cc1. The molecule has 2 N–H and O–H groups in total. The van der Waals surface area contributed by atoms with Gasteiger partial charge in [0, 0.05) is 17.3 Å². The predicted octanol–water partition coefficient (Wildman–Crippen LogP) is 4.66. The first-order valence-corrected chi connectivity index (χ1v) is 10.8. The first kappa shape index (κ1) is 21.8. The Morgan fingerprint density at radius 3 is 2.59 bits per heavy atom. The molecule has 166 valence electrons. The van der Waals surface area contributed by atoms with Crippen molar-refractivity contribution in [3.63, 3.8) is 0 Å². The number of urea groups is 1. The summed E-state index contributed by atoms with van der Waals surface area (Å²) in [7, 11) is 0. The zero-order chi connectivity index (χ0) is 22.8. The van der Waals surface area contributed by atoms with Crippen LogP contribution in [0.5, 0.6) is 0 Å². The van der Waals surface area contributed by atoms with Gasteiger partial charge in [-0.25, -0.2) is 9.59 Å². The summed E-state index contributed by atoms with van der Waals surface area (Å²) in [6.45, 7) is 4.87. The molecule has 0 saturated carbocycles. The van der Waals surface area contributed by atoms with E-state index >= 15 is 0 Å². The number of likely N-dealkylation sites (tertiary alicyclic amines) is 1. The monoisotopic (exact) mass is 453 g/mol. The van der Waals surface area contributed by atoms with Crippen molar-refractivity contribution in [2.45, 2.75) is 39.3 Å². The van der Waals surface area contributed by atoms with Crippen LogP contribution in [0.4, 0.5) is 10.5 Å². The van der Waals surface area contributed by atoms with Gasteiger partial charge in [-0.1, -0.05) is 23.7 Å². The molecular weight excluding hydrogens is 430 g/mol. The summed E-state index contributed by atoms with van der Waals surface area (Å²) in [6, 6.07) is 11.9. The van der Waals surface area contributed by atoms with E-state index in [1.807, 2.05) is 35.8 Å². The highest BCUT2D eigenvalue weighted by Gasteiger charge is 2.34. The summed E-state index contributed by atoms with van der Waals surface area (Å²) < 4.78 is 2.03. The van der Waals surface area contributed by atoms with Crippen molar-refractivity contribution in [3.05, 3.63) is 75.8 Å². The number of aryl methyl sites for hydroxylation is 2. The fourth-order valence-electron chi connectivity index (χ4n) is 4.01. The summed E-state index contributed by atoms with van der Waals surface area (Å²) in [6.07, 6.45) is 1.66. The molecule has 1 saturated heterocycles. The van der Waals surface area contributed by atoms with Gasteiger partial charge in [0.25, 0.3) is 0 Å². The van der Waals surface area contributed by atoms with E-state index in [1.54, 1.807) is 24.0 Å². The van der Waals surface area contributed by atoms with E-state index in [4.69, 9.17) is 16.7 Å². The third-order valence-electron chi connectivity index (χ3n) is 5.74. The number of nitrogens with zero attached hydrogens (tertiary/aromatic N) is 4. The van der Waals surface area contributed by atoms with Crippen LogP contribution in [-0.2, 0) is 6.54 Å². The number of rotatable bonds is 5. The molecule has 8 nitrogen and oxygen atoms in total. The third kappa shape index (κ3) is 4.45. The van der Waals surface area contributed by atoms with Crippen LogP contribution in [-0.4, -0.2) is 43.3 Å². The summed E-state index contributed by atoms with van der Waals surface area (Å²) in [4.78, 5) is 26.0. The lowest BCUT2D eigenvalue weighted by Crippen LogP contribution is -2.35. The number of hydrogen-bond acceptors (Lipinski definition) is 4. The number of aromatic carboxylic acids is 1. The molecule has 1 aromatic heterocycles. The van der Waals surface area contributed by atoms with Crippen molar-refractivity contribution in [1.29, 1.82) is 0 Å². The van der Waals surface area contributed by atoms with Gasteiger partial charge < -0.3 is 19.9 Å². The zero-order valence-electron chi connectivity index (χ0n) is 17.9. The molecule has 2 aromatic carbocycles. The maximum Gasteiger partial charge on any atom is 0.335 e. The molecule has 9 heteroatoms. The molecule has 1 aliphatic rings. The standard InChI is InChI=1S/C23H24ClN5O3/c1-14-12-17(22(30)31)7-10-19(14)25-23(32)28-11-3-4-20(28)21-27-26-15(2)29(21)13-16-5-8-18(24)9-6-16/h5-10,12,20H,3-4,11,13H2,1-2H3,(H,25,32)(H,30,31)/t20-/m1/s1. The lowest BCUT2D eigenvalue weighted by molar-refractivity contribution is 0.0697. The van der Waals surface area contributed by atoms with E-state index in [9.17, 15) is 9.59 Å². The molecule has 32 heavy (non-hydrogen) atoms. The van der Waals surface area contributed by atoms with E-state index in [-0.39, 0.29) is 17.6 Å². The number of carboxylic acid groups (broad SMARTS) is 1. The van der Waals surface area contributed by atoms with Crippen LogP contribution in [0.25, 0.3) is 0 Å². The molecular formula is C23H24ClN5O3. The van der Waals surface area contributed by atoms with Gasteiger partial charge in [-0.2, -0.15) is 0 Å². The minimum absolute atomic E-state index is 0.185. The number of amides is 2. The number of carboxylic acids is 1. The molecule has 2 amide bonds. The zero-order valence-corrected chi connectivity index (χ0v) is 18.6. The summed E-state index contributed by atoms with van der Waals surface area (Å²) in [5, 5.41) is 21.4. The molecule has 1 aliphatic heterocycles. The molecule has 3 aromatic rings. The van der Waals surface area contributed by atoms with Crippen LogP contribution >= 0.6 is 11.6 Å². The first-order chi connectivity index (χ1) is 15.3. The number of carbonyl (C=O) groups excluding carboxylic acids is 1. The van der Waals surface area contributed by atoms with E-state index in [1.165, 1.54) is 6.07 Å². The van der Waals surface area contributed by atoms with Gasteiger partial charge in [0.15, 0.2) is 5.82 Å². The molecule has 0 aliphatic carbocycles. The highest BCUT2D eigenvalue weighted by molar-refractivity contribution is 6.30. The first-order valence-electron chi connectivity index (χ1n) is 10.4. The number of halogens is 1. The van der Waals surface area contributed by atoms with Crippen LogP contribution in [0, 0.1) is 13.8 Å². The Bertz CT molecular complexity index is 1160. The summed E-state index contributed by atoms with van der Waals surface area (Å²) in [5.74, 6) is 0.534. The Morgan fingerprint density at radius 1 is 1.16 bits per heavy atom. The molecule has 1 fully saturated rings. The van der Waals surface area contributed by atoms with Crippen LogP contribution in [0.15, 0.2) is 42.5 Å². The Hall–Kier alpha value is -3.39. The quantitative estimate of drug-likeness (QED) is 0.585. The molecule has 0 unspecified atom stereocenters. The number of hydrogen-bond donors (Lipinski definition) is 2. The lowest BCUT2D eigenvalue weighted by Gasteiger charge is -2.25. The highest BCUT2D eigenvalue weighted by atomic mass is 35.5. The van der Waals surface area contributed by atoms with Gasteiger partial charge in [0.2, 0.25) is 0 Å². The normalized spacial score (nSPS) is 15.7. The number of anilines is 1. The number of aromatic nitrogens is 3. The Labute approximate surface area is 190 Å². The predicted molar refractivity (Wildman–Crippen MR) is 121 cm³/mol. The van der Waals surface area contributed by atoms with Gasteiger partial charge in [-0.05, 0) is 68.1 Å². The summed E-state index contributed by atoms with van der Waals surface area (Å²) >= 11 is 6.00. The molecule has 4 rings (SSSR count). The number of nitrogens with one attached hydrogen (secondary N) is 1. The van der Waals surface area contributed by atoms with Gasteiger partial charge in [-0.3, -0.25) is 0 Å². The van der Waals surface area contributed by atoms with Crippen molar-refractivity contribution in [3.8, 4) is 0 Å². The van der Waals surface area contributed by atoms with Crippen LogP contribution < -0.4 is 5.32 Å². The fourth-order valence-corrected chi connectivity index (χ4v) is 4.14. The second-order valence-electron chi connectivity index (χ2n) is 7.93. The van der Waals surface area contributed by atoms with Crippen molar-refractivity contribution in [2.24, 2.45) is 0 Å². The second-order valence-corrected chi connectivity index (χ2v) is 8.37. The molecule has 0 bridgehead atoms. The van der Waals surface area contributed by atoms with E-state index < -0.39 is 5.97 Å². The maximum absolute atomic E-state index is 13.1. The molecule has 1 atom stereocenters. The average molecular weight is 454 g/mol. The number of carbonyl (C=O) groups is 2. The Morgan fingerprint density at radius 2 is 1.91 bits per heavy atom. The van der Waals surface area contributed by atoms with E-state index in [0.717, 1.165) is 30.1 Å². The smallest absolute Gasteiger partial charge is 0.335 e. The highest BCUT2D eigenvalue weighted by Crippen LogP contribution is 2.32. The second kappa shape index (κ2) is 9.00. The topological polar surface area (TPSA) is 100 Å². The minimum Gasteiger partial charge on any atom is -0.478 e. The van der Waals surface area contributed by atoms with E-state index in [2.05, 4.69) is 15.5 Å². The molecule has 0 spiro atoms. The molecule has 0 radical (unpaired) electrons. The minimum atomic E-state index is -0.999. The number of benzene rings is 2. The maximum atomic E-state index is 13.1. The van der Waals surface area contributed by atoms with Gasteiger partial charge >= 0.3 is 12.0 Å². The Kier molecular flexibility index (Phi) is 6.14. The van der Waals surface area contributed by atoms with Crippen molar-refractivity contribution in [1.82, 2.24) is 19.7 Å².